The van der Waals surface area contributed by atoms with E-state index >= 15 is 0 Å². The van der Waals surface area contributed by atoms with E-state index < -0.39 is 0 Å². The van der Waals surface area contributed by atoms with E-state index in [0.717, 1.165) is 18.7 Å². The van der Waals surface area contributed by atoms with Crippen LogP contribution in [0.25, 0.3) is 0 Å². The van der Waals surface area contributed by atoms with E-state index in [1.807, 2.05) is 0 Å². The maximum atomic E-state index is 9.63. The topological polar surface area (TPSA) is 41.5 Å². The van der Waals surface area contributed by atoms with Gasteiger partial charge in [-0.3, -0.25) is 0 Å². The van der Waals surface area contributed by atoms with Crippen LogP contribution in [0.1, 0.15) is 11.6 Å². The Labute approximate surface area is 99.8 Å². The quantitative estimate of drug-likeness (QED) is 0.802. The average Bonchev–Trinajstić information content (AvgIpc) is 2.23. The van der Waals surface area contributed by atoms with Crippen molar-refractivity contribution in [3.63, 3.8) is 0 Å². The fourth-order valence-electron chi connectivity index (χ4n) is 1.57. The van der Waals surface area contributed by atoms with Gasteiger partial charge in [-0.1, -0.05) is 11.6 Å². The number of aromatic hydroxyl groups is 1. The van der Waals surface area contributed by atoms with Gasteiger partial charge in [-0.05, 0) is 18.2 Å². The predicted molar refractivity (Wildman–Crippen MR) is 61.9 cm³/mol. The van der Waals surface area contributed by atoms with Crippen molar-refractivity contribution in [3.05, 3.63) is 28.8 Å². The SMILES string of the molecule is Cl.Oc1ccc(Cl)cc1[C@@H]1COCCN1. The van der Waals surface area contributed by atoms with E-state index in [1.54, 1.807) is 18.2 Å². The summed E-state index contributed by atoms with van der Waals surface area (Å²) in [6.07, 6.45) is 0. The van der Waals surface area contributed by atoms with Gasteiger partial charge in [-0.2, -0.15) is 0 Å². The van der Waals surface area contributed by atoms with Gasteiger partial charge >= 0.3 is 0 Å². The third-order valence-electron chi connectivity index (χ3n) is 2.29. The first-order valence-electron chi connectivity index (χ1n) is 4.57. The van der Waals surface area contributed by atoms with Gasteiger partial charge in [0.05, 0.1) is 19.3 Å². The lowest BCUT2D eigenvalue weighted by atomic mass is 10.1. The van der Waals surface area contributed by atoms with Gasteiger partial charge in [-0.25, -0.2) is 0 Å². The average molecular weight is 250 g/mol. The molecular formula is C10H13Cl2NO2. The van der Waals surface area contributed by atoms with Crippen LogP contribution in [-0.4, -0.2) is 24.9 Å². The van der Waals surface area contributed by atoms with Crippen molar-refractivity contribution in [2.24, 2.45) is 0 Å². The minimum Gasteiger partial charge on any atom is -0.508 e. The zero-order chi connectivity index (χ0) is 9.97. The summed E-state index contributed by atoms with van der Waals surface area (Å²) >= 11 is 5.86. The maximum Gasteiger partial charge on any atom is 0.120 e. The maximum absolute atomic E-state index is 9.63. The molecule has 2 N–H and O–H groups in total. The van der Waals surface area contributed by atoms with Crippen LogP contribution in [0.2, 0.25) is 5.02 Å². The Kier molecular flexibility index (Phi) is 4.67. The molecule has 0 unspecified atom stereocenters. The zero-order valence-electron chi connectivity index (χ0n) is 8.07. The molecule has 15 heavy (non-hydrogen) atoms. The number of halogens is 2. The summed E-state index contributed by atoms with van der Waals surface area (Å²) in [6.45, 7) is 2.10. The van der Waals surface area contributed by atoms with Crippen LogP contribution >= 0.6 is 24.0 Å². The van der Waals surface area contributed by atoms with Gasteiger partial charge in [0.1, 0.15) is 5.75 Å². The lowest BCUT2D eigenvalue weighted by Crippen LogP contribution is -2.34. The first kappa shape index (κ1) is 12.6. The van der Waals surface area contributed by atoms with Crippen LogP contribution in [0, 0.1) is 0 Å². The highest BCUT2D eigenvalue weighted by Crippen LogP contribution is 2.28. The summed E-state index contributed by atoms with van der Waals surface area (Å²) in [5, 5.41) is 13.5. The van der Waals surface area contributed by atoms with E-state index in [-0.39, 0.29) is 24.2 Å². The highest BCUT2D eigenvalue weighted by atomic mass is 35.5. The molecule has 0 spiro atoms. The summed E-state index contributed by atoms with van der Waals surface area (Å²) in [5.41, 5.74) is 0.803. The largest absolute Gasteiger partial charge is 0.508 e. The molecule has 1 heterocycles. The number of morpholine rings is 1. The molecule has 0 radical (unpaired) electrons. The highest BCUT2D eigenvalue weighted by Gasteiger charge is 2.18. The molecule has 3 nitrogen and oxygen atoms in total. The second-order valence-electron chi connectivity index (χ2n) is 3.28. The molecular weight excluding hydrogens is 237 g/mol. The second kappa shape index (κ2) is 5.56. The van der Waals surface area contributed by atoms with Crippen LogP contribution < -0.4 is 5.32 Å². The molecule has 1 aliphatic rings. The molecule has 5 heteroatoms. The zero-order valence-corrected chi connectivity index (χ0v) is 9.64. The van der Waals surface area contributed by atoms with Crippen molar-refractivity contribution in [3.8, 4) is 5.75 Å². The van der Waals surface area contributed by atoms with Crippen molar-refractivity contribution in [2.45, 2.75) is 6.04 Å². The van der Waals surface area contributed by atoms with Gasteiger partial charge in [0, 0.05) is 17.1 Å². The van der Waals surface area contributed by atoms with Gasteiger partial charge in [0.15, 0.2) is 0 Å². The van der Waals surface area contributed by atoms with Gasteiger partial charge in [-0.15, -0.1) is 12.4 Å². The lowest BCUT2D eigenvalue weighted by Gasteiger charge is -2.24. The smallest absolute Gasteiger partial charge is 0.120 e. The molecule has 0 bridgehead atoms. The Morgan fingerprint density at radius 3 is 2.93 bits per heavy atom. The second-order valence-corrected chi connectivity index (χ2v) is 3.72. The number of rotatable bonds is 1. The van der Waals surface area contributed by atoms with Crippen LogP contribution in [-0.2, 0) is 4.74 Å². The molecule has 0 aliphatic carbocycles. The normalized spacial score (nSPS) is 20.7. The van der Waals surface area contributed by atoms with Crippen molar-refractivity contribution in [2.75, 3.05) is 19.8 Å². The molecule has 2 rings (SSSR count). The summed E-state index contributed by atoms with van der Waals surface area (Å²) in [6, 6.07) is 5.09. The number of phenols is 1. The Hall–Kier alpha value is -0.480. The van der Waals surface area contributed by atoms with Crippen molar-refractivity contribution < 1.29 is 9.84 Å². The molecule has 1 aliphatic heterocycles. The molecule has 1 atom stereocenters. The van der Waals surface area contributed by atoms with Crippen LogP contribution in [0.15, 0.2) is 18.2 Å². The summed E-state index contributed by atoms with van der Waals surface area (Å²) in [4.78, 5) is 0. The van der Waals surface area contributed by atoms with Crippen molar-refractivity contribution in [1.82, 2.24) is 5.32 Å². The van der Waals surface area contributed by atoms with Crippen molar-refractivity contribution >= 4 is 24.0 Å². The number of ether oxygens (including phenoxy) is 1. The number of hydrogen-bond acceptors (Lipinski definition) is 3. The Morgan fingerprint density at radius 1 is 1.47 bits per heavy atom. The Morgan fingerprint density at radius 2 is 2.27 bits per heavy atom. The Bertz CT molecular complexity index is 327. The van der Waals surface area contributed by atoms with Crippen LogP contribution in [0.4, 0.5) is 0 Å². The minimum absolute atomic E-state index is 0. The fourth-order valence-corrected chi connectivity index (χ4v) is 1.75. The monoisotopic (exact) mass is 249 g/mol. The molecule has 0 amide bonds. The fraction of sp³-hybridized carbons (Fsp3) is 0.400. The molecule has 0 saturated carbocycles. The van der Waals surface area contributed by atoms with Gasteiger partial charge in [0.25, 0.3) is 0 Å². The molecule has 1 fully saturated rings. The number of benzene rings is 1. The van der Waals surface area contributed by atoms with Crippen molar-refractivity contribution in [1.29, 1.82) is 0 Å². The minimum atomic E-state index is 0. The van der Waals surface area contributed by atoms with Crippen LogP contribution in [0.3, 0.4) is 0 Å². The van der Waals surface area contributed by atoms with E-state index in [0.29, 0.717) is 11.6 Å². The third kappa shape index (κ3) is 2.98. The molecule has 1 aromatic carbocycles. The van der Waals surface area contributed by atoms with E-state index in [9.17, 15) is 5.11 Å². The lowest BCUT2D eigenvalue weighted by molar-refractivity contribution is 0.0761. The number of hydrogen-bond donors (Lipinski definition) is 2. The summed E-state index contributed by atoms with van der Waals surface area (Å²) < 4.78 is 5.31. The molecule has 1 saturated heterocycles. The van der Waals surface area contributed by atoms with E-state index in [1.165, 1.54) is 0 Å². The molecule has 0 aromatic heterocycles. The predicted octanol–water partition coefficient (Wildman–Crippen LogP) is 2.13. The van der Waals surface area contributed by atoms with Crippen LogP contribution in [0.5, 0.6) is 5.75 Å². The summed E-state index contributed by atoms with van der Waals surface area (Å²) in [5.74, 6) is 0.261. The summed E-state index contributed by atoms with van der Waals surface area (Å²) in [7, 11) is 0. The van der Waals surface area contributed by atoms with Gasteiger partial charge < -0.3 is 15.2 Å². The van der Waals surface area contributed by atoms with Gasteiger partial charge in [0.2, 0.25) is 0 Å². The first-order chi connectivity index (χ1) is 6.77. The number of nitrogens with one attached hydrogen (secondary N) is 1. The third-order valence-corrected chi connectivity index (χ3v) is 2.52. The standard InChI is InChI=1S/C10H12ClNO2.ClH/c11-7-1-2-10(13)8(5-7)9-6-14-4-3-12-9;/h1-2,5,9,12-13H,3-4,6H2;1H/t9-;/m0./s1. The molecule has 84 valence electrons. The Balaban J connectivity index is 0.00000112. The van der Waals surface area contributed by atoms with E-state index in [2.05, 4.69) is 5.32 Å². The van der Waals surface area contributed by atoms with E-state index in [4.69, 9.17) is 16.3 Å². The first-order valence-corrected chi connectivity index (χ1v) is 4.95. The highest BCUT2D eigenvalue weighted by molar-refractivity contribution is 6.30. The molecule has 1 aromatic rings. The number of phenolic OH excluding ortho intramolecular Hbond substituents is 1.